The van der Waals surface area contributed by atoms with Crippen molar-refractivity contribution in [3.63, 3.8) is 0 Å². The molecule has 8 heteroatoms. The van der Waals surface area contributed by atoms with E-state index in [1.807, 2.05) is 6.92 Å². The molecule has 0 aromatic heterocycles. The maximum Gasteiger partial charge on any atom is 0.240 e. The van der Waals surface area contributed by atoms with Crippen molar-refractivity contribution >= 4 is 5.91 Å². The first-order valence-electron chi connectivity index (χ1n) is 8.07. The van der Waals surface area contributed by atoms with E-state index >= 15 is 0 Å². The van der Waals surface area contributed by atoms with Crippen LogP contribution in [-0.2, 0) is 4.79 Å². The molecule has 0 spiro atoms. The SMILES string of the molecule is COc1ccc(F)cc1C(NC(=O)C1NNNC1C)C1CC(O)C1. The summed E-state index contributed by atoms with van der Waals surface area (Å²) in [6, 6.07) is 3.31. The van der Waals surface area contributed by atoms with Crippen LogP contribution >= 0.6 is 0 Å². The zero-order valence-corrected chi connectivity index (χ0v) is 13.7. The molecule has 1 aromatic carbocycles. The molecule has 0 radical (unpaired) electrons. The Hall–Kier alpha value is -1.74. The highest BCUT2D eigenvalue weighted by atomic mass is 19.1. The van der Waals surface area contributed by atoms with Crippen LogP contribution in [0.2, 0.25) is 0 Å². The van der Waals surface area contributed by atoms with E-state index in [4.69, 9.17) is 4.74 Å². The van der Waals surface area contributed by atoms with E-state index in [-0.39, 0.29) is 29.8 Å². The third kappa shape index (κ3) is 3.36. The normalized spacial score (nSPS) is 30.5. The Morgan fingerprint density at radius 2 is 2.17 bits per heavy atom. The monoisotopic (exact) mass is 338 g/mol. The molecule has 5 N–H and O–H groups in total. The van der Waals surface area contributed by atoms with Gasteiger partial charge >= 0.3 is 0 Å². The summed E-state index contributed by atoms with van der Waals surface area (Å²) in [5.74, 6) is -0.0256. The second-order valence-corrected chi connectivity index (χ2v) is 6.44. The number of hydrogen-bond acceptors (Lipinski definition) is 6. The van der Waals surface area contributed by atoms with Gasteiger partial charge < -0.3 is 15.2 Å². The predicted molar refractivity (Wildman–Crippen MR) is 85.2 cm³/mol. The van der Waals surface area contributed by atoms with Crippen molar-refractivity contribution in [2.45, 2.75) is 44.0 Å². The van der Waals surface area contributed by atoms with E-state index in [0.717, 1.165) is 0 Å². The molecule has 0 bridgehead atoms. The lowest BCUT2D eigenvalue weighted by molar-refractivity contribution is -0.125. The quantitative estimate of drug-likeness (QED) is 0.524. The smallest absolute Gasteiger partial charge is 0.240 e. The highest BCUT2D eigenvalue weighted by Crippen LogP contribution is 2.41. The van der Waals surface area contributed by atoms with Gasteiger partial charge in [-0.05, 0) is 43.9 Å². The fourth-order valence-electron chi connectivity index (χ4n) is 3.28. The molecule has 3 unspecified atom stereocenters. The Morgan fingerprint density at radius 1 is 1.42 bits per heavy atom. The summed E-state index contributed by atoms with van der Waals surface area (Å²) in [5, 5.41) is 12.6. The van der Waals surface area contributed by atoms with Crippen molar-refractivity contribution in [3.8, 4) is 5.75 Å². The van der Waals surface area contributed by atoms with Gasteiger partial charge in [0.25, 0.3) is 0 Å². The van der Waals surface area contributed by atoms with Crippen molar-refractivity contribution in [2.75, 3.05) is 7.11 Å². The van der Waals surface area contributed by atoms with Gasteiger partial charge in [-0.25, -0.2) is 15.2 Å². The van der Waals surface area contributed by atoms with Gasteiger partial charge in [-0.1, -0.05) is 0 Å². The molecule has 1 heterocycles. The zero-order chi connectivity index (χ0) is 17.3. The van der Waals surface area contributed by atoms with E-state index < -0.39 is 12.1 Å². The van der Waals surface area contributed by atoms with E-state index in [0.29, 0.717) is 24.2 Å². The van der Waals surface area contributed by atoms with Gasteiger partial charge in [-0.2, -0.15) is 5.53 Å². The number of carbonyl (C=O) groups excluding carboxylic acids is 1. The average Bonchev–Trinajstić information content (AvgIpc) is 2.96. The lowest BCUT2D eigenvalue weighted by atomic mass is 9.74. The number of rotatable bonds is 5. The number of carbonyl (C=O) groups is 1. The fraction of sp³-hybridized carbons (Fsp3) is 0.562. The molecule has 132 valence electrons. The van der Waals surface area contributed by atoms with Crippen molar-refractivity contribution in [3.05, 3.63) is 29.6 Å². The Morgan fingerprint density at radius 3 is 2.75 bits per heavy atom. The summed E-state index contributed by atoms with van der Waals surface area (Å²) in [4.78, 5) is 12.6. The fourth-order valence-corrected chi connectivity index (χ4v) is 3.28. The number of hydrogen-bond donors (Lipinski definition) is 5. The standard InChI is InChI=1S/C16H23FN4O3/c1-8-14(20-21-19-8)16(23)18-15(9-5-11(22)6-9)12-7-10(17)3-4-13(12)24-2/h3-4,7-9,11,14-15,19-22H,5-6H2,1-2H3,(H,18,23). The third-order valence-corrected chi connectivity index (χ3v) is 4.76. The molecule has 1 saturated carbocycles. The molecule has 7 nitrogen and oxygen atoms in total. The van der Waals surface area contributed by atoms with Gasteiger partial charge in [0.2, 0.25) is 5.91 Å². The zero-order valence-electron chi connectivity index (χ0n) is 13.7. The molecule has 1 aliphatic heterocycles. The second-order valence-electron chi connectivity index (χ2n) is 6.44. The maximum atomic E-state index is 13.8. The molecule has 1 aliphatic carbocycles. The van der Waals surface area contributed by atoms with Crippen LogP contribution in [0, 0.1) is 11.7 Å². The molecular weight excluding hydrogens is 315 g/mol. The Kier molecular flexibility index (Phi) is 5.00. The minimum absolute atomic E-state index is 0.0391. The Balaban J connectivity index is 1.84. The molecule has 3 rings (SSSR count). The van der Waals surface area contributed by atoms with Gasteiger partial charge in [0.15, 0.2) is 0 Å². The maximum absolute atomic E-state index is 13.8. The van der Waals surface area contributed by atoms with Crippen LogP contribution in [0.5, 0.6) is 5.75 Å². The number of benzene rings is 1. The summed E-state index contributed by atoms with van der Waals surface area (Å²) < 4.78 is 19.1. The number of hydrazine groups is 2. The number of ether oxygens (including phenoxy) is 1. The van der Waals surface area contributed by atoms with Gasteiger partial charge in [-0.3, -0.25) is 4.79 Å². The first-order chi connectivity index (χ1) is 11.5. The van der Waals surface area contributed by atoms with Crippen LogP contribution < -0.4 is 26.4 Å². The molecular formula is C16H23FN4O3. The summed E-state index contributed by atoms with van der Waals surface area (Å²) >= 11 is 0. The minimum Gasteiger partial charge on any atom is -0.496 e. The second kappa shape index (κ2) is 7.02. The van der Waals surface area contributed by atoms with Crippen LogP contribution in [0.3, 0.4) is 0 Å². The Labute approximate surface area is 139 Å². The molecule has 24 heavy (non-hydrogen) atoms. The summed E-state index contributed by atoms with van der Waals surface area (Å²) in [5.41, 5.74) is 9.09. The van der Waals surface area contributed by atoms with Crippen LogP contribution in [0.1, 0.15) is 31.4 Å². The Bertz CT molecular complexity index is 609. The van der Waals surface area contributed by atoms with Crippen LogP contribution in [0.25, 0.3) is 0 Å². The minimum atomic E-state index is -0.447. The number of aliphatic hydroxyl groups excluding tert-OH is 1. The molecule has 1 amide bonds. The van der Waals surface area contributed by atoms with Crippen LogP contribution in [-0.4, -0.2) is 36.3 Å². The molecule has 1 aromatic rings. The number of amides is 1. The number of halogens is 1. The average molecular weight is 338 g/mol. The number of aliphatic hydroxyl groups is 1. The lowest BCUT2D eigenvalue weighted by Gasteiger charge is -2.39. The summed E-state index contributed by atoms with van der Waals surface area (Å²) in [6.45, 7) is 1.88. The van der Waals surface area contributed by atoms with E-state index in [1.54, 1.807) is 6.07 Å². The van der Waals surface area contributed by atoms with Crippen molar-refractivity contribution in [2.24, 2.45) is 5.92 Å². The van der Waals surface area contributed by atoms with Crippen LogP contribution in [0.4, 0.5) is 4.39 Å². The highest BCUT2D eigenvalue weighted by molar-refractivity contribution is 5.83. The summed E-state index contributed by atoms with van der Waals surface area (Å²) in [7, 11) is 1.51. The van der Waals surface area contributed by atoms with Gasteiger partial charge in [0.1, 0.15) is 17.6 Å². The predicted octanol–water partition coefficient (Wildman–Crippen LogP) is 0.132. The number of methoxy groups -OCH3 is 1. The van der Waals surface area contributed by atoms with Crippen molar-refractivity contribution in [1.29, 1.82) is 0 Å². The van der Waals surface area contributed by atoms with Crippen molar-refractivity contribution < 1.29 is 19.0 Å². The molecule has 1 saturated heterocycles. The first kappa shape index (κ1) is 17.1. The molecule has 2 aliphatic rings. The third-order valence-electron chi connectivity index (χ3n) is 4.76. The molecule has 2 fully saturated rings. The molecule has 3 atom stereocenters. The van der Waals surface area contributed by atoms with E-state index in [1.165, 1.54) is 19.2 Å². The first-order valence-corrected chi connectivity index (χ1v) is 8.07. The van der Waals surface area contributed by atoms with Gasteiger partial charge in [0, 0.05) is 11.6 Å². The van der Waals surface area contributed by atoms with E-state index in [2.05, 4.69) is 21.7 Å². The highest BCUT2D eigenvalue weighted by Gasteiger charge is 2.39. The van der Waals surface area contributed by atoms with E-state index in [9.17, 15) is 14.3 Å². The summed E-state index contributed by atoms with van der Waals surface area (Å²) in [6.07, 6.45) is 0.754. The van der Waals surface area contributed by atoms with Crippen LogP contribution in [0.15, 0.2) is 18.2 Å². The topological polar surface area (TPSA) is 94.7 Å². The van der Waals surface area contributed by atoms with Gasteiger partial charge in [0.05, 0.1) is 19.3 Å². The number of nitrogens with one attached hydrogen (secondary N) is 4. The van der Waals surface area contributed by atoms with Gasteiger partial charge in [-0.15, -0.1) is 0 Å². The largest absolute Gasteiger partial charge is 0.496 e. The lowest BCUT2D eigenvalue weighted by Crippen LogP contribution is -2.50. The van der Waals surface area contributed by atoms with Crippen molar-refractivity contribution in [1.82, 2.24) is 21.7 Å².